The van der Waals surface area contributed by atoms with Gasteiger partial charge in [-0.15, -0.1) is 13.2 Å². The van der Waals surface area contributed by atoms with E-state index >= 15 is 0 Å². The van der Waals surface area contributed by atoms with E-state index in [1.165, 1.54) is 12.1 Å². The lowest BCUT2D eigenvalue weighted by Crippen LogP contribution is -2.56. The highest BCUT2D eigenvalue weighted by molar-refractivity contribution is 6.38. The molecule has 12 heteroatoms. The second-order valence-corrected chi connectivity index (χ2v) is 9.92. The van der Waals surface area contributed by atoms with Crippen LogP contribution in [0.15, 0.2) is 84.9 Å². The number of alkyl halides is 3. The van der Waals surface area contributed by atoms with E-state index in [2.05, 4.69) is 20.7 Å². The van der Waals surface area contributed by atoms with Crippen LogP contribution in [0.2, 0.25) is 0 Å². The third-order valence-corrected chi connectivity index (χ3v) is 6.18. The molecule has 0 aliphatic rings. The Kier molecular flexibility index (Phi) is 11.7. The van der Waals surface area contributed by atoms with Crippen molar-refractivity contribution in [2.45, 2.75) is 51.9 Å². The first kappa shape index (κ1) is 32.6. The van der Waals surface area contributed by atoms with Crippen LogP contribution in [-0.2, 0) is 38.7 Å². The fourth-order valence-corrected chi connectivity index (χ4v) is 3.97. The SMILES string of the molecule is CC(C)[C@H](NC(=O)[C@H](Cc1ccccc1)NC(=O)OCc1ccccc1)C(=O)C(=O)NCc1ccc(OC(F)(F)F)cc1. The minimum absolute atomic E-state index is 0.0162. The third kappa shape index (κ3) is 11.1. The number of ketones is 1. The first-order valence-electron chi connectivity index (χ1n) is 13.4. The molecule has 9 nitrogen and oxygen atoms in total. The molecule has 2 atom stereocenters. The maximum absolute atomic E-state index is 13.4. The number of Topliss-reactive ketones (excluding diaryl/α,β-unsaturated/α-hetero) is 1. The van der Waals surface area contributed by atoms with Gasteiger partial charge >= 0.3 is 12.5 Å². The van der Waals surface area contributed by atoms with Gasteiger partial charge in [0.25, 0.3) is 5.91 Å². The van der Waals surface area contributed by atoms with Crippen molar-refractivity contribution in [3.63, 3.8) is 0 Å². The van der Waals surface area contributed by atoms with Crippen LogP contribution in [0.4, 0.5) is 18.0 Å². The van der Waals surface area contributed by atoms with Crippen LogP contribution < -0.4 is 20.7 Å². The van der Waals surface area contributed by atoms with Crippen molar-refractivity contribution in [3.8, 4) is 5.75 Å². The van der Waals surface area contributed by atoms with Crippen LogP contribution >= 0.6 is 0 Å². The van der Waals surface area contributed by atoms with E-state index in [0.717, 1.165) is 23.3 Å². The van der Waals surface area contributed by atoms with Crippen LogP contribution in [0.1, 0.15) is 30.5 Å². The number of ether oxygens (including phenoxy) is 2. The number of hydrogen-bond acceptors (Lipinski definition) is 6. The number of rotatable bonds is 13. The molecular formula is C31H32F3N3O6. The normalized spacial score (nSPS) is 12.5. The summed E-state index contributed by atoms with van der Waals surface area (Å²) in [7, 11) is 0. The Morgan fingerprint density at radius 1 is 0.767 bits per heavy atom. The minimum Gasteiger partial charge on any atom is -0.445 e. The Balaban J connectivity index is 1.63. The van der Waals surface area contributed by atoms with Gasteiger partial charge in [0.2, 0.25) is 11.7 Å². The van der Waals surface area contributed by atoms with Crippen molar-refractivity contribution in [1.29, 1.82) is 0 Å². The summed E-state index contributed by atoms with van der Waals surface area (Å²) in [4.78, 5) is 51.6. The van der Waals surface area contributed by atoms with E-state index in [0.29, 0.717) is 5.56 Å². The molecule has 3 aromatic rings. The van der Waals surface area contributed by atoms with E-state index in [1.54, 1.807) is 68.4 Å². The van der Waals surface area contributed by atoms with E-state index in [1.807, 2.05) is 6.07 Å². The van der Waals surface area contributed by atoms with Crippen molar-refractivity contribution in [3.05, 3.63) is 102 Å². The van der Waals surface area contributed by atoms with Crippen LogP contribution in [0.5, 0.6) is 5.75 Å². The molecule has 3 aromatic carbocycles. The molecule has 0 aromatic heterocycles. The second-order valence-electron chi connectivity index (χ2n) is 9.92. The Morgan fingerprint density at radius 2 is 1.35 bits per heavy atom. The summed E-state index contributed by atoms with van der Waals surface area (Å²) in [5.74, 6) is -3.54. The molecule has 0 fully saturated rings. The lowest BCUT2D eigenvalue weighted by atomic mass is 9.97. The topological polar surface area (TPSA) is 123 Å². The number of halogens is 3. The summed E-state index contributed by atoms with van der Waals surface area (Å²) in [6.45, 7) is 3.12. The van der Waals surface area contributed by atoms with Gasteiger partial charge in [0.1, 0.15) is 18.4 Å². The van der Waals surface area contributed by atoms with Crippen LogP contribution in [-0.4, -0.2) is 42.1 Å². The maximum atomic E-state index is 13.4. The molecule has 0 bridgehead atoms. The first-order valence-corrected chi connectivity index (χ1v) is 13.4. The molecule has 3 rings (SSSR count). The Hall–Kier alpha value is -4.87. The van der Waals surface area contributed by atoms with Crippen LogP contribution in [0.25, 0.3) is 0 Å². The van der Waals surface area contributed by atoms with Crippen LogP contribution in [0.3, 0.4) is 0 Å². The number of nitrogens with one attached hydrogen (secondary N) is 3. The molecule has 0 saturated heterocycles. The van der Waals surface area contributed by atoms with E-state index < -0.39 is 53.8 Å². The average molecular weight is 600 g/mol. The number of alkyl carbamates (subject to hydrolysis) is 1. The van der Waals surface area contributed by atoms with E-state index in [9.17, 15) is 32.3 Å². The fourth-order valence-electron chi connectivity index (χ4n) is 3.97. The lowest BCUT2D eigenvalue weighted by Gasteiger charge is -2.24. The van der Waals surface area contributed by atoms with Gasteiger partial charge in [-0.3, -0.25) is 14.4 Å². The highest BCUT2D eigenvalue weighted by Gasteiger charge is 2.33. The zero-order valence-electron chi connectivity index (χ0n) is 23.5. The van der Waals surface area contributed by atoms with Gasteiger partial charge in [-0.1, -0.05) is 86.6 Å². The third-order valence-electron chi connectivity index (χ3n) is 6.18. The smallest absolute Gasteiger partial charge is 0.445 e. The summed E-state index contributed by atoms with van der Waals surface area (Å²) in [5.41, 5.74) is 1.91. The van der Waals surface area contributed by atoms with Gasteiger partial charge in [-0.2, -0.15) is 0 Å². The van der Waals surface area contributed by atoms with Crippen molar-refractivity contribution in [1.82, 2.24) is 16.0 Å². The molecule has 0 aliphatic carbocycles. The average Bonchev–Trinajstić information content (AvgIpc) is 2.97. The summed E-state index contributed by atoms with van der Waals surface area (Å²) in [6, 6.07) is 20.3. The molecule has 228 valence electrons. The molecule has 0 spiro atoms. The largest absolute Gasteiger partial charge is 0.573 e. The molecule has 0 saturated carbocycles. The lowest BCUT2D eigenvalue weighted by molar-refractivity contribution is -0.274. The molecule has 0 unspecified atom stereocenters. The van der Waals surface area contributed by atoms with Gasteiger partial charge in [0.05, 0.1) is 6.04 Å². The molecule has 3 N–H and O–H groups in total. The van der Waals surface area contributed by atoms with E-state index in [4.69, 9.17) is 4.74 Å². The van der Waals surface area contributed by atoms with Crippen LogP contribution in [0, 0.1) is 5.92 Å². The van der Waals surface area contributed by atoms with Gasteiger partial charge in [-0.05, 0) is 34.7 Å². The Labute approximate surface area is 246 Å². The van der Waals surface area contributed by atoms with Crippen molar-refractivity contribution >= 4 is 23.7 Å². The van der Waals surface area contributed by atoms with Crippen molar-refractivity contribution < 1.29 is 41.8 Å². The van der Waals surface area contributed by atoms with Gasteiger partial charge in [0.15, 0.2) is 0 Å². The summed E-state index contributed by atoms with van der Waals surface area (Å²) in [6.07, 6.45) is -5.58. The quantitative estimate of drug-likeness (QED) is 0.250. The highest BCUT2D eigenvalue weighted by atomic mass is 19.4. The number of carbonyl (C=O) groups excluding carboxylic acids is 4. The molecule has 3 amide bonds. The Bertz CT molecular complexity index is 1370. The monoisotopic (exact) mass is 599 g/mol. The fraction of sp³-hybridized carbons (Fsp3) is 0.290. The maximum Gasteiger partial charge on any atom is 0.573 e. The van der Waals surface area contributed by atoms with Gasteiger partial charge < -0.3 is 25.4 Å². The second kappa shape index (κ2) is 15.4. The number of benzene rings is 3. The van der Waals surface area contributed by atoms with Crippen molar-refractivity contribution in [2.24, 2.45) is 5.92 Å². The molecular weight excluding hydrogens is 567 g/mol. The number of amides is 3. The van der Waals surface area contributed by atoms with Crippen molar-refractivity contribution in [2.75, 3.05) is 0 Å². The zero-order valence-corrected chi connectivity index (χ0v) is 23.5. The number of carbonyl (C=O) groups is 4. The minimum atomic E-state index is -4.84. The van der Waals surface area contributed by atoms with E-state index in [-0.39, 0.29) is 19.6 Å². The molecule has 0 radical (unpaired) electrons. The zero-order chi connectivity index (χ0) is 31.4. The Morgan fingerprint density at radius 3 is 1.91 bits per heavy atom. The standard InChI is InChI=1S/C31H32F3N3O6/c1-20(2)26(27(38)29(40)35-18-22-13-15-24(16-14-22)43-31(32,33)34)37-28(39)25(17-21-9-5-3-6-10-21)36-30(41)42-19-23-11-7-4-8-12-23/h3-16,20,25-26H,17-19H2,1-2H3,(H,35,40)(H,36,41)(H,37,39)/t25-,26-/m0/s1. The summed E-state index contributed by atoms with van der Waals surface area (Å²) in [5, 5.41) is 7.54. The molecule has 0 aliphatic heterocycles. The molecule has 0 heterocycles. The van der Waals surface area contributed by atoms with Gasteiger partial charge in [-0.25, -0.2) is 4.79 Å². The summed E-state index contributed by atoms with van der Waals surface area (Å²) < 4.78 is 46.2. The molecule has 43 heavy (non-hydrogen) atoms. The van der Waals surface area contributed by atoms with Gasteiger partial charge in [0, 0.05) is 13.0 Å². The predicted octanol–water partition coefficient (Wildman–Crippen LogP) is 4.45. The predicted molar refractivity (Wildman–Crippen MR) is 150 cm³/mol. The summed E-state index contributed by atoms with van der Waals surface area (Å²) >= 11 is 0. The first-order chi connectivity index (χ1) is 20.4. The number of hydrogen-bond donors (Lipinski definition) is 3. The highest BCUT2D eigenvalue weighted by Crippen LogP contribution is 2.22.